The Balaban J connectivity index is 2.77. The van der Waals surface area contributed by atoms with Crippen LogP contribution in [0.15, 0.2) is 24.4 Å². The van der Waals surface area contributed by atoms with Gasteiger partial charge in [0.05, 0.1) is 17.2 Å². The highest BCUT2D eigenvalue weighted by Gasteiger charge is 2.05. The molecule has 2 rings (SSSR count). The molecule has 1 heterocycles. The van der Waals surface area contributed by atoms with E-state index in [9.17, 15) is 4.39 Å². The minimum atomic E-state index is -0.399. The van der Waals surface area contributed by atoms with E-state index < -0.39 is 5.82 Å². The molecule has 2 aromatic rings. The summed E-state index contributed by atoms with van der Waals surface area (Å²) in [5.41, 5.74) is 6.33. The van der Waals surface area contributed by atoms with Gasteiger partial charge >= 0.3 is 0 Å². The minimum absolute atomic E-state index is 0.126. The van der Waals surface area contributed by atoms with Gasteiger partial charge in [0.25, 0.3) is 0 Å². The summed E-state index contributed by atoms with van der Waals surface area (Å²) in [4.78, 5) is 0. The summed E-state index contributed by atoms with van der Waals surface area (Å²) in [6.07, 6.45) is 1.81. The van der Waals surface area contributed by atoms with Gasteiger partial charge in [0.15, 0.2) is 0 Å². The fraction of sp³-hybridized carbons (Fsp3) is 0.111. The second kappa shape index (κ2) is 3.01. The summed E-state index contributed by atoms with van der Waals surface area (Å²) < 4.78 is 14.8. The summed E-state index contributed by atoms with van der Waals surface area (Å²) in [6, 6.07) is 4.80. The summed E-state index contributed by atoms with van der Waals surface area (Å²) in [6.45, 7) is 0.367. The highest BCUT2D eigenvalue weighted by atomic mass is 35.5. The lowest BCUT2D eigenvalue weighted by atomic mass is 10.2. The van der Waals surface area contributed by atoms with E-state index in [1.165, 1.54) is 6.07 Å². The average molecular weight is 199 g/mol. The summed E-state index contributed by atoms with van der Waals surface area (Å²) in [5.74, 6) is -0.399. The van der Waals surface area contributed by atoms with Gasteiger partial charge in [-0.3, -0.25) is 0 Å². The van der Waals surface area contributed by atoms with Crippen LogP contribution >= 0.6 is 11.6 Å². The molecule has 0 aliphatic rings. The number of aromatic nitrogens is 1. The molecule has 0 spiro atoms. The van der Waals surface area contributed by atoms with Crippen molar-refractivity contribution in [3.63, 3.8) is 0 Å². The maximum atomic E-state index is 13.0. The van der Waals surface area contributed by atoms with E-state index in [0.29, 0.717) is 6.67 Å². The highest BCUT2D eigenvalue weighted by Crippen LogP contribution is 2.23. The number of fused-ring (bicyclic) bond motifs is 1. The van der Waals surface area contributed by atoms with Crippen LogP contribution in [-0.4, -0.2) is 4.57 Å². The van der Waals surface area contributed by atoms with Crippen LogP contribution in [0.1, 0.15) is 0 Å². The van der Waals surface area contributed by atoms with Gasteiger partial charge < -0.3 is 10.3 Å². The molecule has 0 bridgehead atoms. The van der Waals surface area contributed by atoms with E-state index in [1.807, 2.05) is 6.07 Å². The molecular formula is C9H8ClFN2. The molecule has 68 valence electrons. The number of nitrogens with two attached hydrogens (primary N) is 1. The third kappa shape index (κ3) is 1.30. The zero-order chi connectivity index (χ0) is 9.42. The zero-order valence-electron chi connectivity index (χ0n) is 6.80. The van der Waals surface area contributed by atoms with Crippen LogP contribution in [0.2, 0.25) is 5.02 Å². The normalized spacial score (nSPS) is 11.0. The zero-order valence-corrected chi connectivity index (χ0v) is 7.55. The van der Waals surface area contributed by atoms with Crippen molar-refractivity contribution >= 4 is 22.5 Å². The fourth-order valence-corrected chi connectivity index (χ4v) is 1.50. The van der Waals surface area contributed by atoms with Crippen molar-refractivity contribution in [3.05, 3.63) is 35.2 Å². The van der Waals surface area contributed by atoms with E-state index in [1.54, 1.807) is 16.8 Å². The van der Waals surface area contributed by atoms with Crippen LogP contribution in [0.25, 0.3) is 10.9 Å². The molecule has 2 N–H and O–H groups in total. The van der Waals surface area contributed by atoms with Crippen molar-refractivity contribution < 1.29 is 4.39 Å². The lowest BCUT2D eigenvalue weighted by Crippen LogP contribution is -2.04. The predicted molar refractivity (Wildman–Crippen MR) is 51.1 cm³/mol. The maximum absolute atomic E-state index is 13.0. The molecule has 0 amide bonds. The minimum Gasteiger partial charge on any atom is -0.334 e. The number of rotatable bonds is 1. The van der Waals surface area contributed by atoms with Crippen LogP contribution in [0.5, 0.6) is 0 Å². The van der Waals surface area contributed by atoms with Crippen LogP contribution in [0.4, 0.5) is 4.39 Å². The molecule has 2 nitrogen and oxygen atoms in total. The smallest absolute Gasteiger partial charge is 0.142 e. The van der Waals surface area contributed by atoms with Crippen molar-refractivity contribution in [2.75, 3.05) is 0 Å². The first-order valence-corrected chi connectivity index (χ1v) is 4.24. The Kier molecular flexibility index (Phi) is 1.98. The molecule has 0 saturated carbocycles. The second-order valence-electron chi connectivity index (χ2n) is 2.79. The first-order valence-electron chi connectivity index (χ1n) is 3.86. The largest absolute Gasteiger partial charge is 0.334 e. The monoisotopic (exact) mass is 198 g/mol. The second-order valence-corrected chi connectivity index (χ2v) is 3.20. The van der Waals surface area contributed by atoms with Gasteiger partial charge in [-0.2, -0.15) is 0 Å². The van der Waals surface area contributed by atoms with Crippen LogP contribution in [0, 0.1) is 5.82 Å². The molecule has 0 atom stereocenters. The summed E-state index contributed by atoms with van der Waals surface area (Å²) in [7, 11) is 0. The Morgan fingerprint density at radius 2 is 2.23 bits per heavy atom. The Morgan fingerprint density at radius 3 is 2.92 bits per heavy atom. The van der Waals surface area contributed by atoms with E-state index in [2.05, 4.69) is 0 Å². The molecule has 0 aliphatic carbocycles. The molecule has 0 saturated heterocycles. The van der Waals surface area contributed by atoms with E-state index in [-0.39, 0.29) is 5.02 Å². The maximum Gasteiger partial charge on any atom is 0.142 e. The molecule has 1 aromatic heterocycles. The number of nitrogens with zero attached hydrogens (tertiary/aromatic N) is 1. The standard InChI is InChI=1S/C9H8ClFN2/c10-7-4-9-6(3-8(7)11)1-2-13(9)5-12/h1-4H,5,12H2. The quantitative estimate of drug-likeness (QED) is 0.749. The third-order valence-corrected chi connectivity index (χ3v) is 2.30. The first kappa shape index (κ1) is 8.53. The van der Waals surface area contributed by atoms with Gasteiger partial charge in [-0.15, -0.1) is 0 Å². The van der Waals surface area contributed by atoms with Gasteiger partial charge in [-0.05, 0) is 18.2 Å². The van der Waals surface area contributed by atoms with E-state index in [4.69, 9.17) is 17.3 Å². The summed E-state index contributed by atoms with van der Waals surface area (Å²) in [5, 5.41) is 0.938. The van der Waals surface area contributed by atoms with Gasteiger partial charge in [-0.1, -0.05) is 11.6 Å². The molecular weight excluding hydrogens is 191 g/mol. The average Bonchev–Trinajstić information content (AvgIpc) is 2.48. The third-order valence-electron chi connectivity index (χ3n) is 2.01. The molecule has 0 unspecified atom stereocenters. The predicted octanol–water partition coefficient (Wildman–Crippen LogP) is 2.35. The lowest BCUT2D eigenvalue weighted by Gasteiger charge is -2.01. The van der Waals surface area contributed by atoms with Crippen LogP contribution < -0.4 is 5.73 Å². The van der Waals surface area contributed by atoms with Crippen LogP contribution in [-0.2, 0) is 6.67 Å². The molecule has 1 aromatic carbocycles. The Hall–Kier alpha value is -1.06. The highest BCUT2D eigenvalue weighted by molar-refractivity contribution is 6.31. The first-order chi connectivity index (χ1) is 6.22. The van der Waals surface area contributed by atoms with Crippen LogP contribution in [0.3, 0.4) is 0 Å². The number of hydrogen-bond acceptors (Lipinski definition) is 1. The van der Waals surface area contributed by atoms with Crippen molar-refractivity contribution in [1.29, 1.82) is 0 Å². The molecule has 4 heteroatoms. The Bertz CT molecular complexity index is 450. The van der Waals surface area contributed by atoms with Crippen molar-refractivity contribution in [2.45, 2.75) is 6.67 Å². The van der Waals surface area contributed by atoms with Gasteiger partial charge in [-0.25, -0.2) is 4.39 Å². The van der Waals surface area contributed by atoms with Crippen molar-refractivity contribution in [2.24, 2.45) is 5.73 Å². The Labute approximate surface area is 79.7 Å². The van der Waals surface area contributed by atoms with Gasteiger partial charge in [0, 0.05) is 11.6 Å². The lowest BCUT2D eigenvalue weighted by molar-refractivity contribution is 0.630. The van der Waals surface area contributed by atoms with Gasteiger partial charge in [0.1, 0.15) is 5.82 Å². The van der Waals surface area contributed by atoms with E-state index in [0.717, 1.165) is 10.9 Å². The molecule has 0 fully saturated rings. The van der Waals surface area contributed by atoms with E-state index >= 15 is 0 Å². The number of benzene rings is 1. The van der Waals surface area contributed by atoms with Crippen molar-refractivity contribution in [1.82, 2.24) is 4.57 Å². The number of hydrogen-bond donors (Lipinski definition) is 1. The number of halogens is 2. The van der Waals surface area contributed by atoms with Gasteiger partial charge in [0.2, 0.25) is 0 Å². The topological polar surface area (TPSA) is 30.9 Å². The summed E-state index contributed by atoms with van der Waals surface area (Å²) >= 11 is 5.64. The molecule has 0 radical (unpaired) electrons. The Morgan fingerprint density at radius 1 is 1.46 bits per heavy atom. The molecule has 13 heavy (non-hydrogen) atoms. The SMILES string of the molecule is NCn1ccc2cc(F)c(Cl)cc21. The fourth-order valence-electron chi connectivity index (χ4n) is 1.34. The molecule has 0 aliphatic heterocycles. The van der Waals surface area contributed by atoms with Crippen molar-refractivity contribution in [3.8, 4) is 0 Å².